The zero-order valence-corrected chi connectivity index (χ0v) is 10.8. The van der Waals surface area contributed by atoms with Gasteiger partial charge < -0.3 is 10.0 Å². The number of nitro groups is 1. The molecule has 0 aliphatic carbocycles. The molecule has 104 valence electrons. The molecule has 0 unspecified atom stereocenters. The van der Waals surface area contributed by atoms with Crippen LogP contribution in [-0.4, -0.2) is 17.1 Å². The highest BCUT2D eigenvalue weighted by Gasteiger charge is 2.19. The number of nitro benzene ring substituents is 1. The van der Waals surface area contributed by atoms with Crippen LogP contribution >= 0.6 is 0 Å². The number of halogens is 1. The van der Waals surface area contributed by atoms with E-state index in [4.69, 9.17) is 5.11 Å². The molecule has 20 heavy (non-hydrogen) atoms. The first-order chi connectivity index (χ1) is 9.52. The molecule has 0 amide bonds. The fourth-order valence-electron chi connectivity index (χ4n) is 1.92. The number of rotatable bonds is 4. The molecule has 0 atom stereocenters. The molecule has 0 aromatic heterocycles. The summed E-state index contributed by atoms with van der Waals surface area (Å²) in [4.78, 5) is 12.1. The maximum absolute atomic E-state index is 13.2. The lowest BCUT2D eigenvalue weighted by molar-refractivity contribution is -0.384. The Hall–Kier alpha value is -2.47. The lowest BCUT2D eigenvalue weighted by atomic mass is 10.1. The molecule has 1 N–H and O–H groups in total. The number of hydrogen-bond acceptors (Lipinski definition) is 4. The number of benzene rings is 2. The van der Waals surface area contributed by atoms with Gasteiger partial charge in [-0.1, -0.05) is 12.1 Å². The van der Waals surface area contributed by atoms with Crippen LogP contribution in [-0.2, 0) is 6.61 Å². The standard InChI is InChI=1S/C14H13FN2O3/c1-16(12-4-2-3-11(15)8-12)13-6-5-10(9-18)7-14(13)17(19)20/h2-8,18H,9H2,1H3. The van der Waals surface area contributed by atoms with E-state index in [0.29, 0.717) is 16.9 Å². The number of aliphatic hydroxyl groups is 1. The molecule has 0 fully saturated rings. The third-order valence-corrected chi connectivity index (χ3v) is 2.98. The molecular weight excluding hydrogens is 263 g/mol. The van der Waals surface area contributed by atoms with Crippen LogP contribution in [0, 0.1) is 15.9 Å². The Balaban J connectivity index is 2.48. The van der Waals surface area contributed by atoms with Crippen LogP contribution in [0.2, 0.25) is 0 Å². The van der Waals surface area contributed by atoms with E-state index < -0.39 is 10.7 Å². The van der Waals surface area contributed by atoms with Gasteiger partial charge in [0.05, 0.1) is 11.5 Å². The van der Waals surface area contributed by atoms with Gasteiger partial charge in [-0.15, -0.1) is 0 Å². The van der Waals surface area contributed by atoms with Gasteiger partial charge in [-0.25, -0.2) is 4.39 Å². The molecule has 0 heterocycles. The van der Waals surface area contributed by atoms with Crippen molar-refractivity contribution in [2.75, 3.05) is 11.9 Å². The van der Waals surface area contributed by atoms with Crippen LogP contribution in [0.25, 0.3) is 0 Å². The zero-order chi connectivity index (χ0) is 14.7. The first-order valence-electron chi connectivity index (χ1n) is 5.90. The predicted octanol–water partition coefficient (Wildman–Crippen LogP) is 2.99. The Morgan fingerprint density at radius 3 is 2.65 bits per heavy atom. The fourth-order valence-corrected chi connectivity index (χ4v) is 1.92. The average molecular weight is 276 g/mol. The Morgan fingerprint density at radius 2 is 2.05 bits per heavy atom. The molecule has 0 aliphatic heterocycles. The van der Waals surface area contributed by atoms with E-state index in [2.05, 4.69) is 0 Å². The van der Waals surface area contributed by atoms with Crippen LogP contribution < -0.4 is 4.90 Å². The van der Waals surface area contributed by atoms with Crippen LogP contribution in [0.15, 0.2) is 42.5 Å². The molecule has 6 heteroatoms. The summed E-state index contributed by atoms with van der Waals surface area (Å²) >= 11 is 0. The summed E-state index contributed by atoms with van der Waals surface area (Å²) in [6.45, 7) is -0.273. The third kappa shape index (κ3) is 2.75. The van der Waals surface area contributed by atoms with Crippen LogP contribution in [0.4, 0.5) is 21.5 Å². The number of hydrogen-bond donors (Lipinski definition) is 1. The summed E-state index contributed by atoms with van der Waals surface area (Å²) in [6, 6.07) is 10.2. The van der Waals surface area contributed by atoms with Crippen molar-refractivity contribution >= 4 is 17.1 Å². The summed E-state index contributed by atoms with van der Waals surface area (Å²) in [5.74, 6) is -0.413. The third-order valence-electron chi connectivity index (χ3n) is 2.98. The molecule has 2 aromatic rings. The Kier molecular flexibility index (Phi) is 3.95. The lowest BCUT2D eigenvalue weighted by Crippen LogP contribution is -2.12. The summed E-state index contributed by atoms with van der Waals surface area (Å²) in [5.41, 5.74) is 1.15. The molecule has 0 aliphatic rings. The molecule has 0 spiro atoms. The van der Waals surface area contributed by atoms with Crippen molar-refractivity contribution in [3.63, 3.8) is 0 Å². The van der Waals surface area contributed by atoms with Crippen LogP contribution in [0.5, 0.6) is 0 Å². The summed E-state index contributed by atoms with van der Waals surface area (Å²) in [5, 5.41) is 20.2. The van der Waals surface area contributed by atoms with Gasteiger partial charge in [0.2, 0.25) is 0 Å². The summed E-state index contributed by atoms with van der Waals surface area (Å²) in [7, 11) is 1.62. The van der Waals surface area contributed by atoms with Gasteiger partial charge in [-0.2, -0.15) is 0 Å². The van der Waals surface area contributed by atoms with E-state index >= 15 is 0 Å². The lowest BCUT2D eigenvalue weighted by Gasteiger charge is -2.19. The smallest absolute Gasteiger partial charge is 0.293 e. The molecule has 2 aromatic carbocycles. The maximum Gasteiger partial charge on any atom is 0.293 e. The van der Waals surface area contributed by atoms with E-state index in [1.807, 2.05) is 0 Å². The topological polar surface area (TPSA) is 66.6 Å². The second kappa shape index (κ2) is 5.66. The van der Waals surface area contributed by atoms with Gasteiger partial charge in [0, 0.05) is 18.8 Å². The number of aliphatic hydroxyl groups excluding tert-OH is 1. The van der Waals surface area contributed by atoms with Crippen molar-refractivity contribution in [1.82, 2.24) is 0 Å². The zero-order valence-electron chi connectivity index (χ0n) is 10.8. The normalized spacial score (nSPS) is 10.3. The second-order valence-electron chi connectivity index (χ2n) is 4.28. The van der Waals surface area contributed by atoms with Gasteiger partial charge in [0.1, 0.15) is 11.5 Å². The molecule has 2 rings (SSSR count). The molecule has 0 saturated carbocycles. The first kappa shape index (κ1) is 14.0. The highest BCUT2D eigenvalue weighted by atomic mass is 19.1. The van der Waals surface area contributed by atoms with Crippen molar-refractivity contribution in [1.29, 1.82) is 0 Å². The SMILES string of the molecule is CN(c1cccc(F)c1)c1ccc(CO)cc1[N+](=O)[O-]. The number of anilines is 2. The summed E-state index contributed by atoms with van der Waals surface area (Å²) < 4.78 is 13.2. The molecule has 0 radical (unpaired) electrons. The van der Waals surface area contributed by atoms with E-state index in [-0.39, 0.29) is 12.3 Å². The minimum absolute atomic E-state index is 0.136. The van der Waals surface area contributed by atoms with E-state index in [0.717, 1.165) is 0 Å². The Labute approximate surface area is 115 Å². The molecule has 5 nitrogen and oxygen atoms in total. The van der Waals surface area contributed by atoms with Gasteiger partial charge in [-0.3, -0.25) is 10.1 Å². The fraction of sp³-hybridized carbons (Fsp3) is 0.143. The maximum atomic E-state index is 13.2. The number of nitrogens with zero attached hydrogens (tertiary/aromatic N) is 2. The predicted molar refractivity (Wildman–Crippen MR) is 73.5 cm³/mol. The minimum atomic E-state index is -0.524. The Morgan fingerprint density at radius 1 is 1.30 bits per heavy atom. The van der Waals surface area contributed by atoms with Gasteiger partial charge >= 0.3 is 0 Å². The second-order valence-corrected chi connectivity index (χ2v) is 4.28. The van der Waals surface area contributed by atoms with Crippen molar-refractivity contribution in [3.05, 3.63) is 64.0 Å². The highest BCUT2D eigenvalue weighted by molar-refractivity contribution is 5.72. The minimum Gasteiger partial charge on any atom is -0.392 e. The summed E-state index contributed by atoms with van der Waals surface area (Å²) in [6.07, 6.45) is 0. The Bertz CT molecular complexity index is 646. The van der Waals surface area contributed by atoms with Crippen molar-refractivity contribution in [3.8, 4) is 0 Å². The van der Waals surface area contributed by atoms with Gasteiger partial charge in [-0.05, 0) is 29.8 Å². The highest BCUT2D eigenvalue weighted by Crippen LogP contribution is 2.33. The van der Waals surface area contributed by atoms with Gasteiger partial charge in [0.25, 0.3) is 5.69 Å². The van der Waals surface area contributed by atoms with Crippen LogP contribution in [0.1, 0.15) is 5.56 Å². The largest absolute Gasteiger partial charge is 0.392 e. The van der Waals surface area contributed by atoms with Crippen molar-refractivity contribution in [2.24, 2.45) is 0 Å². The average Bonchev–Trinajstić information content (AvgIpc) is 2.45. The van der Waals surface area contributed by atoms with E-state index in [9.17, 15) is 14.5 Å². The van der Waals surface area contributed by atoms with Gasteiger partial charge in [0.15, 0.2) is 0 Å². The van der Waals surface area contributed by atoms with E-state index in [1.165, 1.54) is 35.2 Å². The van der Waals surface area contributed by atoms with Crippen molar-refractivity contribution < 1.29 is 14.4 Å². The monoisotopic (exact) mass is 276 g/mol. The van der Waals surface area contributed by atoms with E-state index in [1.54, 1.807) is 19.2 Å². The van der Waals surface area contributed by atoms with Crippen molar-refractivity contribution in [2.45, 2.75) is 6.61 Å². The molecule has 0 saturated heterocycles. The quantitative estimate of drug-likeness (QED) is 0.688. The first-order valence-corrected chi connectivity index (χ1v) is 5.90. The molecule has 0 bridgehead atoms. The van der Waals surface area contributed by atoms with Crippen LogP contribution in [0.3, 0.4) is 0 Å². The molecular formula is C14H13FN2O3.